The number of hydrogen-bond acceptors (Lipinski definition) is 3. The number of benzene rings is 1. The summed E-state index contributed by atoms with van der Waals surface area (Å²) in [5, 5.41) is 9.01. The van der Waals surface area contributed by atoms with E-state index >= 15 is 0 Å². The van der Waals surface area contributed by atoms with Crippen LogP contribution in [0.4, 0.5) is 0 Å². The lowest BCUT2D eigenvalue weighted by Gasteiger charge is -2.14. The average Bonchev–Trinajstić information content (AvgIpc) is 2.86. The highest BCUT2D eigenvalue weighted by Gasteiger charge is 2.38. The van der Waals surface area contributed by atoms with Crippen molar-refractivity contribution >= 4 is 11.9 Å². The van der Waals surface area contributed by atoms with E-state index in [1.807, 2.05) is 30.3 Å². The minimum absolute atomic E-state index is 0.211. The zero-order chi connectivity index (χ0) is 13.0. The van der Waals surface area contributed by atoms with Crippen LogP contribution in [0.15, 0.2) is 30.3 Å². The molecule has 18 heavy (non-hydrogen) atoms. The Balaban J connectivity index is 1.90. The van der Waals surface area contributed by atoms with Crippen LogP contribution < -0.4 is 0 Å². The van der Waals surface area contributed by atoms with Gasteiger partial charge in [-0.2, -0.15) is 0 Å². The standard InChI is InChI=1S/C14H16O4/c15-13(16)11-7-4-8-12(11)14(17)18-9-10-5-2-1-3-6-10/h1-3,5-6,11-12H,4,7-9H2,(H,15,16)/t11-,12?/m1/s1. The molecule has 0 spiro atoms. The van der Waals surface area contributed by atoms with Gasteiger partial charge in [0.1, 0.15) is 6.61 Å². The van der Waals surface area contributed by atoms with Crippen LogP contribution in [-0.2, 0) is 20.9 Å². The first-order valence-electron chi connectivity index (χ1n) is 6.12. The van der Waals surface area contributed by atoms with Gasteiger partial charge in [0.05, 0.1) is 11.8 Å². The van der Waals surface area contributed by atoms with E-state index in [2.05, 4.69) is 0 Å². The summed E-state index contributed by atoms with van der Waals surface area (Å²) in [7, 11) is 0. The Bertz CT molecular complexity index is 427. The molecule has 0 heterocycles. The Morgan fingerprint density at radius 3 is 2.50 bits per heavy atom. The van der Waals surface area contributed by atoms with Crippen LogP contribution >= 0.6 is 0 Å². The molecule has 1 aliphatic carbocycles. The van der Waals surface area contributed by atoms with Crippen LogP contribution in [-0.4, -0.2) is 17.0 Å². The zero-order valence-corrected chi connectivity index (χ0v) is 10.0. The number of rotatable bonds is 4. The maximum atomic E-state index is 11.8. The van der Waals surface area contributed by atoms with Crippen LogP contribution in [0.25, 0.3) is 0 Å². The molecule has 1 aromatic rings. The molecule has 4 heteroatoms. The monoisotopic (exact) mass is 248 g/mol. The lowest BCUT2D eigenvalue weighted by Crippen LogP contribution is -2.26. The number of carboxylic acids is 1. The van der Waals surface area contributed by atoms with E-state index in [1.165, 1.54) is 0 Å². The van der Waals surface area contributed by atoms with Gasteiger partial charge in [-0.3, -0.25) is 9.59 Å². The minimum atomic E-state index is -0.894. The van der Waals surface area contributed by atoms with Gasteiger partial charge in [-0.1, -0.05) is 36.8 Å². The molecule has 2 rings (SSSR count). The van der Waals surface area contributed by atoms with Crippen LogP contribution in [0.1, 0.15) is 24.8 Å². The van der Waals surface area contributed by atoms with Crippen molar-refractivity contribution in [3.8, 4) is 0 Å². The first-order valence-corrected chi connectivity index (χ1v) is 6.12. The van der Waals surface area contributed by atoms with E-state index in [-0.39, 0.29) is 12.6 Å². The number of carboxylic acid groups (broad SMARTS) is 1. The van der Waals surface area contributed by atoms with E-state index < -0.39 is 17.8 Å². The van der Waals surface area contributed by atoms with Crippen molar-refractivity contribution in [2.24, 2.45) is 11.8 Å². The molecule has 0 bridgehead atoms. The molecule has 0 aliphatic heterocycles. The molecule has 1 aromatic carbocycles. The first-order chi connectivity index (χ1) is 8.68. The highest BCUT2D eigenvalue weighted by molar-refractivity contribution is 5.81. The fourth-order valence-corrected chi connectivity index (χ4v) is 2.37. The summed E-state index contributed by atoms with van der Waals surface area (Å²) in [6.07, 6.45) is 1.97. The number of hydrogen-bond donors (Lipinski definition) is 1. The number of carbonyl (C=O) groups is 2. The largest absolute Gasteiger partial charge is 0.481 e. The van der Waals surface area contributed by atoms with E-state index in [0.717, 1.165) is 12.0 Å². The van der Waals surface area contributed by atoms with Crippen molar-refractivity contribution in [2.75, 3.05) is 0 Å². The number of ether oxygens (including phenoxy) is 1. The summed E-state index contributed by atoms with van der Waals surface area (Å²) in [5.74, 6) is -2.34. The Labute approximate surface area is 106 Å². The maximum absolute atomic E-state index is 11.8. The summed E-state index contributed by atoms with van der Waals surface area (Å²) >= 11 is 0. The predicted octanol–water partition coefficient (Wildman–Crippen LogP) is 2.23. The SMILES string of the molecule is O=C(OCc1ccccc1)C1CCC[C@H]1C(=O)O. The van der Waals surface area contributed by atoms with Gasteiger partial charge in [-0.25, -0.2) is 0 Å². The number of esters is 1. The molecular weight excluding hydrogens is 232 g/mol. The Hall–Kier alpha value is -1.84. The van der Waals surface area contributed by atoms with Gasteiger partial charge in [0.15, 0.2) is 0 Å². The molecule has 0 amide bonds. The molecule has 4 nitrogen and oxygen atoms in total. The van der Waals surface area contributed by atoms with Crippen molar-refractivity contribution in [3.63, 3.8) is 0 Å². The molecule has 1 saturated carbocycles. The second-order valence-corrected chi connectivity index (χ2v) is 4.58. The second-order valence-electron chi connectivity index (χ2n) is 4.58. The molecule has 1 aliphatic rings. The van der Waals surface area contributed by atoms with Crippen LogP contribution in [0.2, 0.25) is 0 Å². The van der Waals surface area contributed by atoms with E-state index in [0.29, 0.717) is 12.8 Å². The van der Waals surface area contributed by atoms with Crippen molar-refractivity contribution in [3.05, 3.63) is 35.9 Å². The minimum Gasteiger partial charge on any atom is -0.481 e. The Kier molecular flexibility index (Phi) is 3.97. The predicted molar refractivity (Wildman–Crippen MR) is 64.7 cm³/mol. The molecule has 96 valence electrons. The highest BCUT2D eigenvalue weighted by Crippen LogP contribution is 2.33. The third kappa shape index (κ3) is 2.88. The quantitative estimate of drug-likeness (QED) is 0.830. The van der Waals surface area contributed by atoms with E-state index in [4.69, 9.17) is 9.84 Å². The molecule has 0 aromatic heterocycles. The smallest absolute Gasteiger partial charge is 0.310 e. The van der Waals surface area contributed by atoms with Gasteiger partial charge >= 0.3 is 11.9 Å². The zero-order valence-electron chi connectivity index (χ0n) is 10.0. The molecule has 0 saturated heterocycles. The van der Waals surface area contributed by atoms with E-state index in [9.17, 15) is 9.59 Å². The van der Waals surface area contributed by atoms with Gasteiger partial charge in [0, 0.05) is 0 Å². The summed E-state index contributed by atoms with van der Waals surface area (Å²) in [6.45, 7) is 0.211. The van der Waals surface area contributed by atoms with Gasteiger partial charge in [-0.15, -0.1) is 0 Å². The van der Waals surface area contributed by atoms with Gasteiger partial charge in [0.2, 0.25) is 0 Å². The lowest BCUT2D eigenvalue weighted by atomic mass is 9.96. The summed E-state index contributed by atoms with van der Waals surface area (Å²) in [6, 6.07) is 9.38. The summed E-state index contributed by atoms with van der Waals surface area (Å²) < 4.78 is 5.19. The van der Waals surface area contributed by atoms with Gasteiger partial charge in [0.25, 0.3) is 0 Å². The van der Waals surface area contributed by atoms with Crippen LogP contribution in [0.3, 0.4) is 0 Å². The van der Waals surface area contributed by atoms with Gasteiger partial charge < -0.3 is 9.84 Å². The van der Waals surface area contributed by atoms with Crippen molar-refractivity contribution in [1.82, 2.24) is 0 Å². The topological polar surface area (TPSA) is 63.6 Å². The maximum Gasteiger partial charge on any atom is 0.310 e. The molecule has 0 radical (unpaired) electrons. The number of aliphatic carboxylic acids is 1. The fourth-order valence-electron chi connectivity index (χ4n) is 2.37. The van der Waals surface area contributed by atoms with Crippen LogP contribution in [0.5, 0.6) is 0 Å². The summed E-state index contributed by atoms with van der Waals surface area (Å²) in [5.41, 5.74) is 0.913. The van der Waals surface area contributed by atoms with Crippen molar-refractivity contribution in [2.45, 2.75) is 25.9 Å². The number of carbonyl (C=O) groups excluding carboxylic acids is 1. The molecular formula is C14H16O4. The third-order valence-corrected chi connectivity index (χ3v) is 3.36. The fraction of sp³-hybridized carbons (Fsp3) is 0.429. The third-order valence-electron chi connectivity index (χ3n) is 3.36. The molecule has 1 fully saturated rings. The molecule has 2 atom stereocenters. The van der Waals surface area contributed by atoms with E-state index in [1.54, 1.807) is 0 Å². The van der Waals surface area contributed by atoms with Crippen LogP contribution in [0, 0.1) is 11.8 Å². The molecule has 1 unspecified atom stereocenters. The lowest BCUT2D eigenvalue weighted by molar-refractivity contribution is -0.157. The Morgan fingerprint density at radius 1 is 1.17 bits per heavy atom. The van der Waals surface area contributed by atoms with Gasteiger partial charge in [-0.05, 0) is 18.4 Å². The van der Waals surface area contributed by atoms with Crippen molar-refractivity contribution < 1.29 is 19.4 Å². The Morgan fingerprint density at radius 2 is 1.83 bits per heavy atom. The molecule has 1 N–H and O–H groups in total. The average molecular weight is 248 g/mol. The second kappa shape index (κ2) is 5.67. The first kappa shape index (κ1) is 12.6. The normalized spacial score (nSPS) is 22.7. The highest BCUT2D eigenvalue weighted by atomic mass is 16.5. The summed E-state index contributed by atoms with van der Waals surface area (Å²) in [4.78, 5) is 22.8. The van der Waals surface area contributed by atoms with Crippen molar-refractivity contribution in [1.29, 1.82) is 0 Å².